The van der Waals surface area contributed by atoms with E-state index in [1.165, 1.54) is 0 Å². The number of nitrogens with zero attached hydrogens (tertiary/aromatic N) is 1. The van der Waals surface area contributed by atoms with E-state index in [1.807, 2.05) is 57.5 Å². The molecule has 7 heteroatoms. The van der Waals surface area contributed by atoms with Crippen LogP contribution < -0.4 is 10.1 Å². The van der Waals surface area contributed by atoms with Gasteiger partial charge in [0.05, 0.1) is 18.8 Å². The number of hydrogen-bond donors (Lipinski definition) is 4. The molecule has 1 amide bonds. The van der Waals surface area contributed by atoms with Gasteiger partial charge in [-0.15, -0.1) is 0 Å². The van der Waals surface area contributed by atoms with Crippen molar-refractivity contribution >= 4 is 5.91 Å². The average Bonchev–Trinajstić information content (AvgIpc) is 3.20. The number of benzene rings is 1. The third-order valence-electron chi connectivity index (χ3n) is 7.21. The Bertz CT molecular complexity index is 972. The van der Waals surface area contributed by atoms with Crippen LogP contribution in [0.5, 0.6) is 5.75 Å². The number of aromatic nitrogens is 1. The van der Waals surface area contributed by atoms with Crippen LogP contribution in [0.2, 0.25) is 0 Å². The van der Waals surface area contributed by atoms with E-state index in [4.69, 9.17) is 9.84 Å². The maximum Gasteiger partial charge on any atom is 0.268 e. The second-order valence-electron chi connectivity index (χ2n) is 10.5. The number of carbonyl (C=O) groups excluding carboxylic acids is 1. The minimum atomic E-state index is -0.567. The fourth-order valence-electron chi connectivity index (χ4n) is 4.54. The fourth-order valence-corrected chi connectivity index (χ4v) is 4.54. The Hall–Kier alpha value is -2.35. The van der Waals surface area contributed by atoms with Crippen LogP contribution >= 0.6 is 0 Å². The summed E-state index contributed by atoms with van der Waals surface area (Å²) in [5.74, 6) is 0.480. The first kappa shape index (κ1) is 28.9. The molecule has 1 unspecified atom stereocenters. The summed E-state index contributed by atoms with van der Waals surface area (Å²) in [6.45, 7) is 12.2. The molecule has 0 spiro atoms. The summed E-state index contributed by atoms with van der Waals surface area (Å²) in [7, 11) is 1.89. The van der Waals surface area contributed by atoms with Gasteiger partial charge in [0, 0.05) is 24.8 Å². The zero-order chi connectivity index (χ0) is 26.4. The fraction of sp³-hybridized carbons (Fsp3) is 0.607. The van der Waals surface area contributed by atoms with Crippen molar-refractivity contribution < 1.29 is 24.9 Å². The van der Waals surface area contributed by atoms with Gasteiger partial charge in [0.2, 0.25) is 0 Å². The molecule has 35 heavy (non-hydrogen) atoms. The number of hydrogen-bond acceptors (Lipinski definition) is 5. The van der Waals surface area contributed by atoms with Gasteiger partial charge >= 0.3 is 0 Å². The van der Waals surface area contributed by atoms with Gasteiger partial charge in [0.25, 0.3) is 5.91 Å². The topological polar surface area (TPSA) is 104 Å². The Morgan fingerprint density at radius 3 is 2.29 bits per heavy atom. The van der Waals surface area contributed by atoms with E-state index in [-0.39, 0.29) is 36.6 Å². The number of aryl methyl sites for hydroxylation is 1. The molecule has 0 radical (unpaired) electrons. The molecule has 7 nitrogen and oxygen atoms in total. The molecule has 2 aromatic rings. The lowest BCUT2D eigenvalue weighted by molar-refractivity contribution is 0.0216. The molecule has 2 atom stereocenters. The standard InChI is InChI=1S/C28H44N2O5/c1-8-28(9-2,20-10-12-23(19(3)16-20)35-18-25(33)27(4,5)6)24-13-11-22(30(24)7)26(34)29-21(17-32)14-15-31/h10-13,16,21,25,31-33H,8-9,14-15,17-18H2,1-7H3,(H,29,34)/t21-,25?/m0/s1. The van der Waals surface area contributed by atoms with E-state index in [1.54, 1.807) is 0 Å². The van der Waals surface area contributed by atoms with Crippen LogP contribution in [0.1, 0.15) is 81.2 Å². The lowest BCUT2D eigenvalue weighted by atomic mass is 9.72. The van der Waals surface area contributed by atoms with Crippen LogP contribution in [-0.2, 0) is 12.5 Å². The molecule has 0 bridgehead atoms. The Balaban J connectivity index is 2.36. The molecule has 0 aliphatic carbocycles. The van der Waals surface area contributed by atoms with E-state index >= 15 is 0 Å². The van der Waals surface area contributed by atoms with E-state index in [0.29, 0.717) is 12.1 Å². The normalized spacial score (nSPS) is 14.0. The summed E-state index contributed by atoms with van der Waals surface area (Å²) in [5.41, 5.74) is 3.13. The zero-order valence-corrected chi connectivity index (χ0v) is 22.4. The van der Waals surface area contributed by atoms with Gasteiger partial charge in [-0.05, 0) is 60.9 Å². The van der Waals surface area contributed by atoms with E-state index in [9.17, 15) is 15.0 Å². The van der Waals surface area contributed by atoms with E-state index in [2.05, 4.69) is 31.3 Å². The third-order valence-corrected chi connectivity index (χ3v) is 7.21. The number of carbonyl (C=O) groups is 1. The lowest BCUT2D eigenvalue weighted by Crippen LogP contribution is -2.39. The van der Waals surface area contributed by atoms with Gasteiger partial charge in [-0.1, -0.05) is 46.8 Å². The van der Waals surface area contributed by atoms with Crippen LogP contribution in [0.4, 0.5) is 0 Å². The molecule has 0 saturated carbocycles. The Labute approximate surface area is 210 Å². The van der Waals surface area contributed by atoms with Crippen LogP contribution in [0.3, 0.4) is 0 Å². The van der Waals surface area contributed by atoms with E-state index < -0.39 is 12.1 Å². The summed E-state index contributed by atoms with van der Waals surface area (Å²) in [6.07, 6.45) is 1.42. The Kier molecular flexibility index (Phi) is 9.95. The predicted octanol–water partition coefficient (Wildman–Crippen LogP) is 3.70. The van der Waals surface area contributed by atoms with Crippen molar-refractivity contribution in [1.82, 2.24) is 9.88 Å². The van der Waals surface area contributed by atoms with Crippen LogP contribution in [0.15, 0.2) is 30.3 Å². The highest BCUT2D eigenvalue weighted by molar-refractivity contribution is 5.93. The number of nitrogens with one attached hydrogen (secondary N) is 1. The zero-order valence-electron chi connectivity index (χ0n) is 22.4. The number of rotatable bonds is 12. The molecule has 0 aliphatic heterocycles. The first-order valence-electron chi connectivity index (χ1n) is 12.6. The second-order valence-corrected chi connectivity index (χ2v) is 10.5. The highest BCUT2D eigenvalue weighted by Gasteiger charge is 2.35. The first-order valence-corrected chi connectivity index (χ1v) is 12.6. The summed E-state index contributed by atoms with van der Waals surface area (Å²) in [4.78, 5) is 12.9. The average molecular weight is 489 g/mol. The lowest BCUT2D eigenvalue weighted by Gasteiger charge is -2.34. The van der Waals surface area contributed by atoms with Crippen molar-refractivity contribution in [2.24, 2.45) is 12.5 Å². The minimum Gasteiger partial charge on any atom is -0.491 e. The molecule has 1 aromatic heterocycles. The van der Waals surface area contributed by atoms with Gasteiger partial charge in [0.15, 0.2) is 0 Å². The number of aliphatic hydroxyl groups excluding tert-OH is 3. The smallest absolute Gasteiger partial charge is 0.268 e. The highest BCUT2D eigenvalue weighted by atomic mass is 16.5. The van der Waals surface area contributed by atoms with Gasteiger partial charge < -0.3 is 29.9 Å². The van der Waals surface area contributed by atoms with Crippen molar-refractivity contribution in [3.05, 3.63) is 52.8 Å². The Morgan fingerprint density at radius 2 is 1.77 bits per heavy atom. The molecule has 0 saturated heterocycles. The number of aliphatic hydroxyl groups is 3. The molecular formula is C28H44N2O5. The monoisotopic (exact) mass is 488 g/mol. The number of amides is 1. The molecule has 2 rings (SSSR count). The van der Waals surface area contributed by atoms with Gasteiger partial charge in [-0.3, -0.25) is 4.79 Å². The molecule has 196 valence electrons. The summed E-state index contributed by atoms with van der Waals surface area (Å²) in [5, 5.41) is 31.8. The second kappa shape index (κ2) is 12.1. The van der Waals surface area contributed by atoms with Gasteiger partial charge in [-0.25, -0.2) is 0 Å². The van der Waals surface area contributed by atoms with Crippen molar-refractivity contribution in [1.29, 1.82) is 0 Å². The van der Waals surface area contributed by atoms with Gasteiger partial charge in [0.1, 0.15) is 18.1 Å². The van der Waals surface area contributed by atoms with Crippen molar-refractivity contribution in [2.45, 2.75) is 78.4 Å². The molecule has 4 N–H and O–H groups in total. The maximum atomic E-state index is 12.9. The maximum absolute atomic E-state index is 12.9. The minimum absolute atomic E-state index is 0.104. The summed E-state index contributed by atoms with van der Waals surface area (Å²) < 4.78 is 7.87. The molecule has 0 fully saturated rings. The Morgan fingerprint density at radius 1 is 1.11 bits per heavy atom. The predicted molar refractivity (Wildman–Crippen MR) is 139 cm³/mol. The van der Waals surface area contributed by atoms with E-state index in [0.717, 1.165) is 35.4 Å². The quantitative estimate of drug-likeness (QED) is 0.365. The van der Waals surface area contributed by atoms with Crippen molar-refractivity contribution in [2.75, 3.05) is 19.8 Å². The third kappa shape index (κ3) is 6.46. The van der Waals surface area contributed by atoms with Crippen LogP contribution in [0.25, 0.3) is 0 Å². The molecular weight excluding hydrogens is 444 g/mol. The largest absolute Gasteiger partial charge is 0.491 e. The van der Waals surface area contributed by atoms with Crippen molar-refractivity contribution in [3.63, 3.8) is 0 Å². The first-order chi connectivity index (χ1) is 16.4. The van der Waals surface area contributed by atoms with Crippen LogP contribution in [0, 0.1) is 12.3 Å². The summed E-state index contributed by atoms with van der Waals surface area (Å²) >= 11 is 0. The summed E-state index contributed by atoms with van der Waals surface area (Å²) in [6, 6.07) is 9.52. The SMILES string of the molecule is CCC(CC)(c1ccc(OCC(O)C(C)(C)C)c(C)c1)c1ccc(C(=O)N[C@H](CO)CCO)n1C. The number of ether oxygens (including phenoxy) is 1. The van der Waals surface area contributed by atoms with Crippen LogP contribution in [-0.4, -0.2) is 57.8 Å². The van der Waals surface area contributed by atoms with Crippen molar-refractivity contribution in [3.8, 4) is 5.75 Å². The van der Waals surface area contributed by atoms with Gasteiger partial charge in [-0.2, -0.15) is 0 Å². The molecule has 0 aliphatic rings. The highest BCUT2D eigenvalue weighted by Crippen LogP contribution is 2.41. The molecule has 1 aromatic carbocycles. The molecule has 1 heterocycles.